The van der Waals surface area contributed by atoms with Gasteiger partial charge in [-0.1, -0.05) is 60.7 Å². The zero-order valence-electron chi connectivity index (χ0n) is 14.8. The molecule has 5 heteroatoms. The van der Waals surface area contributed by atoms with E-state index in [0.29, 0.717) is 11.4 Å². The Morgan fingerprint density at radius 2 is 1.42 bits per heavy atom. The summed E-state index contributed by atoms with van der Waals surface area (Å²) >= 11 is 0. The van der Waals surface area contributed by atoms with E-state index in [-0.39, 0.29) is 23.2 Å². The maximum atomic E-state index is 12.9. The van der Waals surface area contributed by atoms with Crippen molar-refractivity contribution >= 4 is 5.82 Å². The lowest BCUT2D eigenvalue weighted by atomic mass is 9.82. The second kappa shape index (κ2) is 6.33. The summed E-state index contributed by atoms with van der Waals surface area (Å²) in [5.41, 5.74) is 2.35. The summed E-state index contributed by atoms with van der Waals surface area (Å²) in [6, 6.07) is 20.2. The highest BCUT2D eigenvalue weighted by Gasteiger charge is 2.33. The fourth-order valence-corrected chi connectivity index (χ4v) is 3.83. The van der Waals surface area contributed by atoms with Crippen molar-refractivity contribution in [3.8, 4) is 0 Å². The van der Waals surface area contributed by atoms with Crippen molar-refractivity contribution < 1.29 is 0 Å². The molecule has 2 heterocycles. The Morgan fingerprint density at radius 1 is 0.846 bits per heavy atom. The smallest absolute Gasteiger partial charge is 0.332 e. The first-order valence-corrected chi connectivity index (χ1v) is 8.74. The van der Waals surface area contributed by atoms with Gasteiger partial charge in [0.15, 0.2) is 0 Å². The molecule has 26 heavy (non-hydrogen) atoms. The molecule has 1 aliphatic rings. The van der Waals surface area contributed by atoms with Crippen molar-refractivity contribution in [2.24, 2.45) is 14.1 Å². The van der Waals surface area contributed by atoms with Crippen LogP contribution < -0.4 is 16.6 Å². The number of aromatic nitrogens is 2. The molecule has 0 saturated carbocycles. The van der Waals surface area contributed by atoms with Crippen LogP contribution in [0.1, 0.15) is 35.1 Å². The second-order valence-corrected chi connectivity index (χ2v) is 6.77. The van der Waals surface area contributed by atoms with E-state index in [9.17, 15) is 9.59 Å². The number of fused-ring (bicyclic) bond motifs is 1. The topological polar surface area (TPSA) is 56.0 Å². The minimum Gasteiger partial charge on any atom is -0.364 e. The van der Waals surface area contributed by atoms with Crippen LogP contribution in [0.25, 0.3) is 0 Å². The van der Waals surface area contributed by atoms with Crippen molar-refractivity contribution in [2.75, 3.05) is 5.32 Å². The molecule has 2 atom stereocenters. The van der Waals surface area contributed by atoms with Crippen LogP contribution in [0.3, 0.4) is 0 Å². The van der Waals surface area contributed by atoms with Crippen LogP contribution in [0.15, 0.2) is 70.3 Å². The quantitative estimate of drug-likeness (QED) is 0.775. The molecule has 4 rings (SSSR count). The number of rotatable bonds is 2. The SMILES string of the molecule is Cn1c2c(c(=O)n(C)c1=O)C(c1ccccc1)CC(c1ccccc1)N2. The van der Waals surface area contributed by atoms with Crippen molar-refractivity contribution in [2.45, 2.75) is 18.4 Å². The van der Waals surface area contributed by atoms with E-state index >= 15 is 0 Å². The molecule has 0 aliphatic carbocycles. The molecule has 0 saturated heterocycles. The summed E-state index contributed by atoms with van der Waals surface area (Å²) < 4.78 is 2.74. The van der Waals surface area contributed by atoms with Gasteiger partial charge in [-0.3, -0.25) is 13.9 Å². The Kier molecular flexibility index (Phi) is 3.99. The van der Waals surface area contributed by atoms with Gasteiger partial charge in [0.2, 0.25) is 0 Å². The summed E-state index contributed by atoms with van der Waals surface area (Å²) in [7, 11) is 3.25. The summed E-state index contributed by atoms with van der Waals surface area (Å²) in [5.74, 6) is 0.551. The highest BCUT2D eigenvalue weighted by atomic mass is 16.2. The molecule has 0 fully saturated rings. The Balaban J connectivity index is 1.95. The summed E-state index contributed by atoms with van der Waals surface area (Å²) in [5, 5.41) is 3.44. The molecule has 1 aromatic heterocycles. The minimum absolute atomic E-state index is 0.0339. The molecular weight excluding hydrogens is 326 g/mol. The zero-order valence-corrected chi connectivity index (χ0v) is 14.8. The van der Waals surface area contributed by atoms with Crippen LogP contribution in [0.5, 0.6) is 0 Å². The van der Waals surface area contributed by atoms with E-state index in [1.807, 2.05) is 48.5 Å². The molecule has 0 bridgehead atoms. The molecule has 132 valence electrons. The van der Waals surface area contributed by atoms with Crippen molar-refractivity contribution in [3.63, 3.8) is 0 Å². The van der Waals surface area contributed by atoms with Gasteiger partial charge in [-0.15, -0.1) is 0 Å². The monoisotopic (exact) mass is 347 g/mol. The molecule has 0 spiro atoms. The van der Waals surface area contributed by atoms with Gasteiger partial charge in [0, 0.05) is 20.0 Å². The van der Waals surface area contributed by atoms with Gasteiger partial charge < -0.3 is 5.32 Å². The van der Waals surface area contributed by atoms with Gasteiger partial charge in [-0.25, -0.2) is 4.79 Å². The van der Waals surface area contributed by atoms with E-state index < -0.39 is 0 Å². The maximum Gasteiger partial charge on any atom is 0.332 e. The third kappa shape index (κ3) is 2.56. The fraction of sp³-hybridized carbons (Fsp3) is 0.238. The van der Waals surface area contributed by atoms with Gasteiger partial charge in [0.1, 0.15) is 5.82 Å². The fourth-order valence-electron chi connectivity index (χ4n) is 3.83. The lowest BCUT2D eigenvalue weighted by Crippen LogP contribution is -2.43. The van der Waals surface area contributed by atoms with Crippen LogP contribution >= 0.6 is 0 Å². The predicted octanol–water partition coefficient (Wildman–Crippen LogP) is 2.77. The first-order valence-electron chi connectivity index (χ1n) is 8.74. The van der Waals surface area contributed by atoms with E-state index in [2.05, 4.69) is 17.4 Å². The van der Waals surface area contributed by atoms with E-state index in [4.69, 9.17) is 0 Å². The summed E-state index contributed by atoms with van der Waals surface area (Å²) in [4.78, 5) is 25.4. The normalized spacial score (nSPS) is 18.8. The van der Waals surface area contributed by atoms with Crippen molar-refractivity contribution in [1.82, 2.24) is 9.13 Å². The lowest BCUT2D eigenvalue weighted by Gasteiger charge is -2.34. The first kappa shape index (κ1) is 16.4. The van der Waals surface area contributed by atoms with Crippen LogP contribution in [0.4, 0.5) is 5.82 Å². The third-order valence-corrected chi connectivity index (χ3v) is 5.23. The van der Waals surface area contributed by atoms with Crippen LogP contribution in [-0.4, -0.2) is 9.13 Å². The average molecular weight is 347 g/mol. The van der Waals surface area contributed by atoms with Gasteiger partial charge in [0.25, 0.3) is 5.56 Å². The van der Waals surface area contributed by atoms with Crippen molar-refractivity contribution in [3.05, 3.63) is 98.2 Å². The van der Waals surface area contributed by atoms with Gasteiger partial charge in [-0.05, 0) is 17.5 Å². The number of hydrogen-bond donors (Lipinski definition) is 1. The molecule has 5 nitrogen and oxygen atoms in total. The first-order chi connectivity index (χ1) is 12.6. The van der Waals surface area contributed by atoms with E-state index in [0.717, 1.165) is 17.5 Å². The Labute approximate surface area is 151 Å². The number of anilines is 1. The van der Waals surface area contributed by atoms with E-state index in [1.54, 1.807) is 11.6 Å². The molecule has 2 unspecified atom stereocenters. The predicted molar refractivity (Wildman–Crippen MR) is 103 cm³/mol. The Bertz CT molecular complexity index is 1050. The highest BCUT2D eigenvalue weighted by Crippen LogP contribution is 2.41. The molecule has 1 N–H and O–H groups in total. The molecule has 2 aromatic carbocycles. The van der Waals surface area contributed by atoms with Gasteiger partial charge >= 0.3 is 5.69 Å². The molecule has 0 amide bonds. The zero-order chi connectivity index (χ0) is 18.3. The average Bonchev–Trinajstić information content (AvgIpc) is 2.71. The summed E-state index contributed by atoms with van der Waals surface area (Å²) in [6.45, 7) is 0. The van der Waals surface area contributed by atoms with Crippen LogP contribution in [-0.2, 0) is 14.1 Å². The molecular formula is C21H21N3O2. The van der Waals surface area contributed by atoms with Gasteiger partial charge in [0.05, 0.1) is 11.6 Å². The van der Waals surface area contributed by atoms with E-state index in [1.165, 1.54) is 11.6 Å². The Hall–Kier alpha value is -3.08. The second-order valence-electron chi connectivity index (χ2n) is 6.77. The number of nitrogens with one attached hydrogen (secondary N) is 1. The maximum absolute atomic E-state index is 12.9. The van der Waals surface area contributed by atoms with Crippen molar-refractivity contribution in [1.29, 1.82) is 0 Å². The lowest BCUT2D eigenvalue weighted by molar-refractivity contribution is 0.556. The number of benzene rings is 2. The number of hydrogen-bond acceptors (Lipinski definition) is 3. The van der Waals surface area contributed by atoms with Gasteiger partial charge in [-0.2, -0.15) is 0 Å². The molecule has 0 radical (unpaired) electrons. The Morgan fingerprint density at radius 3 is 2.04 bits per heavy atom. The van der Waals surface area contributed by atoms with Crippen LogP contribution in [0.2, 0.25) is 0 Å². The third-order valence-electron chi connectivity index (χ3n) is 5.23. The number of nitrogens with zero attached hydrogens (tertiary/aromatic N) is 2. The largest absolute Gasteiger partial charge is 0.364 e. The molecule has 1 aliphatic heterocycles. The van der Waals surface area contributed by atoms with Crippen LogP contribution in [0, 0.1) is 0 Å². The standard InChI is InChI=1S/C21H21N3O2/c1-23-19-18(20(25)24(2)21(23)26)16(14-9-5-3-6-10-14)13-17(22-19)15-11-7-4-8-12-15/h3-12,16-17,22H,13H2,1-2H3. The minimum atomic E-state index is -0.318. The molecule has 3 aromatic rings. The highest BCUT2D eigenvalue weighted by molar-refractivity contribution is 5.54. The summed E-state index contributed by atoms with van der Waals surface area (Å²) in [6.07, 6.45) is 0.758.